The minimum Gasteiger partial charge on any atom is -0.609 e. The molecule has 1 atom stereocenters. The quantitative estimate of drug-likeness (QED) is 0.385. The Morgan fingerprint density at radius 2 is 2.04 bits per heavy atom. The Kier molecular flexibility index (Phi) is 5.31. The maximum Gasteiger partial charge on any atom is 0.346 e. The second-order valence-corrected chi connectivity index (χ2v) is 7.53. The molecule has 25 heavy (non-hydrogen) atoms. The van der Waals surface area contributed by atoms with E-state index in [9.17, 15) is 9.35 Å². The zero-order chi connectivity index (χ0) is 18.0. The van der Waals surface area contributed by atoms with Crippen LogP contribution >= 0.6 is 11.6 Å². The molecule has 7 nitrogen and oxygen atoms in total. The average molecular weight is 380 g/mol. The highest BCUT2D eigenvalue weighted by Crippen LogP contribution is 2.18. The van der Waals surface area contributed by atoms with Crippen LogP contribution in [0.3, 0.4) is 0 Å². The summed E-state index contributed by atoms with van der Waals surface area (Å²) in [7, 11) is 0. The first-order valence-electron chi connectivity index (χ1n) is 7.75. The Morgan fingerprint density at radius 3 is 2.72 bits per heavy atom. The molecule has 0 saturated heterocycles. The van der Waals surface area contributed by atoms with Crippen molar-refractivity contribution in [3.05, 3.63) is 45.9 Å². The minimum absolute atomic E-state index is 0.110. The number of halogens is 1. The van der Waals surface area contributed by atoms with Crippen LogP contribution in [-0.2, 0) is 17.7 Å². The molecule has 0 spiro atoms. The third-order valence-electron chi connectivity index (χ3n) is 3.76. The van der Waals surface area contributed by atoms with Crippen molar-refractivity contribution in [3.8, 4) is 0 Å². The lowest BCUT2D eigenvalue weighted by atomic mass is 10.1. The van der Waals surface area contributed by atoms with Crippen molar-refractivity contribution in [3.63, 3.8) is 0 Å². The molecule has 0 radical (unpaired) electrons. The number of rotatable bonds is 6. The first-order chi connectivity index (χ1) is 12.0. The first-order valence-corrected chi connectivity index (χ1v) is 9.61. The van der Waals surface area contributed by atoms with Gasteiger partial charge < -0.3 is 15.3 Å². The molecule has 0 aliphatic rings. The highest BCUT2D eigenvalue weighted by Gasteiger charge is 2.21. The summed E-state index contributed by atoms with van der Waals surface area (Å²) in [5.74, 6) is 0.867. The van der Waals surface area contributed by atoms with Crippen LogP contribution in [-0.4, -0.2) is 35.7 Å². The van der Waals surface area contributed by atoms with Crippen LogP contribution in [0.1, 0.15) is 17.5 Å². The van der Waals surface area contributed by atoms with E-state index in [0.717, 1.165) is 11.1 Å². The van der Waals surface area contributed by atoms with Gasteiger partial charge in [-0.05, 0) is 12.5 Å². The normalized spacial score (nSPS) is 12.6. The van der Waals surface area contributed by atoms with E-state index >= 15 is 0 Å². The largest absolute Gasteiger partial charge is 0.609 e. The Labute approximate surface area is 152 Å². The van der Waals surface area contributed by atoms with Crippen molar-refractivity contribution in [2.75, 3.05) is 17.4 Å². The number of anilines is 1. The number of aryl methyl sites for hydroxylation is 1. The Hall–Kier alpha value is -2.03. The van der Waals surface area contributed by atoms with E-state index in [-0.39, 0.29) is 16.7 Å². The van der Waals surface area contributed by atoms with Crippen LogP contribution in [0.15, 0.2) is 34.2 Å². The second kappa shape index (κ2) is 7.47. The second-order valence-electron chi connectivity index (χ2n) is 5.68. The van der Waals surface area contributed by atoms with Crippen molar-refractivity contribution >= 4 is 39.8 Å². The molecule has 3 aromatic rings. The van der Waals surface area contributed by atoms with Gasteiger partial charge in [-0.1, -0.05) is 29.8 Å². The molecule has 1 aromatic carbocycles. The number of imidazole rings is 1. The number of hydrogen-bond donors (Lipinski definition) is 2. The number of benzene rings is 1. The molecule has 0 bridgehead atoms. The van der Waals surface area contributed by atoms with Crippen molar-refractivity contribution in [1.29, 1.82) is 0 Å². The molecule has 132 valence electrons. The van der Waals surface area contributed by atoms with E-state index in [0.29, 0.717) is 35.8 Å². The van der Waals surface area contributed by atoms with Gasteiger partial charge in [0.05, 0.1) is 6.54 Å². The van der Waals surface area contributed by atoms with Crippen molar-refractivity contribution in [1.82, 2.24) is 19.5 Å². The standard InChI is InChI=1S/C16H18ClN5O2S/c1-10-3-5-11(6-4-10)9-22-14-12(19-16(22)23)13(18)20-15(21-14)25(24)8-2-7-17/h3-6H,2,7-9H2,1H3,(H,19,23)(H2,18,20,21). The van der Waals surface area contributed by atoms with E-state index < -0.39 is 11.2 Å². The third-order valence-corrected chi connectivity index (χ3v) is 5.28. The lowest BCUT2D eigenvalue weighted by Crippen LogP contribution is -2.18. The summed E-state index contributed by atoms with van der Waals surface area (Å²) in [5, 5.41) is 0.117. The molecule has 0 aliphatic heterocycles. The topological polar surface area (TPSA) is 113 Å². The highest BCUT2D eigenvalue weighted by atomic mass is 35.5. The van der Waals surface area contributed by atoms with E-state index in [1.807, 2.05) is 31.2 Å². The molecule has 2 heterocycles. The lowest BCUT2D eigenvalue weighted by molar-refractivity contribution is 0.585. The van der Waals surface area contributed by atoms with Crippen LogP contribution in [0.5, 0.6) is 0 Å². The van der Waals surface area contributed by atoms with Gasteiger partial charge in [-0.25, -0.2) is 4.79 Å². The number of nitrogens with zero attached hydrogens (tertiary/aromatic N) is 3. The highest BCUT2D eigenvalue weighted by molar-refractivity contribution is 7.91. The third kappa shape index (κ3) is 3.81. The van der Waals surface area contributed by atoms with E-state index in [1.165, 1.54) is 4.57 Å². The summed E-state index contributed by atoms with van der Waals surface area (Å²) < 4.78 is 13.8. The monoisotopic (exact) mass is 379 g/mol. The summed E-state index contributed by atoms with van der Waals surface area (Å²) in [5.41, 5.74) is 8.39. The maximum atomic E-state index is 12.3. The summed E-state index contributed by atoms with van der Waals surface area (Å²) in [6, 6.07) is 7.85. The van der Waals surface area contributed by atoms with Gasteiger partial charge >= 0.3 is 10.8 Å². The molecular formula is C16H18ClN5O2S. The number of nitrogen functional groups attached to an aromatic ring is 1. The molecule has 0 fully saturated rings. The zero-order valence-electron chi connectivity index (χ0n) is 13.7. The molecule has 0 saturated carbocycles. The van der Waals surface area contributed by atoms with Gasteiger partial charge in [-0.3, -0.25) is 4.57 Å². The molecule has 9 heteroatoms. The summed E-state index contributed by atoms with van der Waals surface area (Å²) in [6.07, 6.45) is 0.582. The fourth-order valence-corrected chi connectivity index (χ4v) is 3.70. The molecule has 0 amide bonds. The lowest BCUT2D eigenvalue weighted by Gasteiger charge is -2.09. The van der Waals surface area contributed by atoms with E-state index in [4.69, 9.17) is 17.3 Å². The maximum absolute atomic E-state index is 12.3. The summed E-state index contributed by atoms with van der Waals surface area (Å²) >= 11 is 4.22. The number of fused-ring (bicyclic) bond motifs is 1. The van der Waals surface area contributed by atoms with Crippen LogP contribution in [0, 0.1) is 6.92 Å². The van der Waals surface area contributed by atoms with Crippen LogP contribution < -0.4 is 11.4 Å². The van der Waals surface area contributed by atoms with Gasteiger partial charge in [-0.2, -0.15) is 9.97 Å². The predicted molar refractivity (Wildman–Crippen MR) is 99.5 cm³/mol. The summed E-state index contributed by atoms with van der Waals surface area (Å²) in [4.78, 5) is 23.4. The number of aromatic nitrogens is 4. The Bertz CT molecular complexity index is 938. The first kappa shape index (κ1) is 17.8. The van der Waals surface area contributed by atoms with Crippen LogP contribution in [0.25, 0.3) is 11.2 Å². The van der Waals surface area contributed by atoms with Gasteiger partial charge in [0.2, 0.25) is 0 Å². The molecular weight excluding hydrogens is 362 g/mol. The Morgan fingerprint density at radius 1 is 1.32 bits per heavy atom. The van der Waals surface area contributed by atoms with Gasteiger partial charge in [0.25, 0.3) is 0 Å². The van der Waals surface area contributed by atoms with Gasteiger partial charge in [0, 0.05) is 23.5 Å². The molecule has 2 aromatic heterocycles. The fraction of sp³-hybridized carbons (Fsp3) is 0.312. The number of alkyl halides is 1. The van der Waals surface area contributed by atoms with Gasteiger partial charge in [-0.15, -0.1) is 11.6 Å². The smallest absolute Gasteiger partial charge is 0.346 e. The minimum atomic E-state index is -1.41. The fourth-order valence-electron chi connectivity index (χ4n) is 2.43. The van der Waals surface area contributed by atoms with Crippen molar-refractivity contribution < 1.29 is 4.55 Å². The molecule has 3 rings (SSSR count). The van der Waals surface area contributed by atoms with Gasteiger partial charge in [0.15, 0.2) is 11.5 Å². The molecule has 0 aliphatic carbocycles. The number of hydrogen-bond acceptors (Lipinski definition) is 5. The molecule has 1 unspecified atom stereocenters. The number of nitrogens with two attached hydrogens (primary N) is 1. The average Bonchev–Trinajstić information content (AvgIpc) is 2.91. The zero-order valence-corrected chi connectivity index (χ0v) is 15.2. The number of nitrogens with one attached hydrogen (secondary N) is 1. The van der Waals surface area contributed by atoms with Crippen LogP contribution in [0.4, 0.5) is 5.82 Å². The predicted octanol–water partition coefficient (Wildman–Crippen LogP) is 1.80. The number of H-pyrrole nitrogens is 1. The van der Waals surface area contributed by atoms with E-state index in [1.54, 1.807) is 0 Å². The van der Waals surface area contributed by atoms with Gasteiger partial charge in [0.1, 0.15) is 11.3 Å². The molecule has 3 N–H and O–H groups in total. The van der Waals surface area contributed by atoms with E-state index in [2.05, 4.69) is 15.0 Å². The SMILES string of the molecule is Cc1ccc(Cn2c(=O)[nH]c3c(N)nc([S+]([O-])CCCCl)nc32)cc1. The number of aromatic amines is 1. The van der Waals surface area contributed by atoms with Crippen molar-refractivity contribution in [2.24, 2.45) is 0 Å². The van der Waals surface area contributed by atoms with Crippen molar-refractivity contribution in [2.45, 2.75) is 25.0 Å². The van der Waals surface area contributed by atoms with Crippen LogP contribution in [0.2, 0.25) is 0 Å². The summed E-state index contributed by atoms with van der Waals surface area (Å²) in [6.45, 7) is 2.33. The Balaban J connectivity index is 2.02.